The maximum absolute atomic E-state index is 15.2. The molecule has 3 heterocycles. The van der Waals surface area contributed by atoms with E-state index in [2.05, 4.69) is 31.2 Å². The molecule has 2 aromatic carbocycles. The maximum Gasteiger partial charge on any atom is 0.220 e. The molecule has 5 N–H and O–H groups in total. The molecule has 1 atom stereocenters. The zero-order valence-corrected chi connectivity index (χ0v) is 25.9. The first-order valence-electron chi connectivity index (χ1n) is 14.3. The van der Waals surface area contributed by atoms with Crippen molar-refractivity contribution < 1.29 is 23.4 Å². The second-order valence-electron chi connectivity index (χ2n) is 10.4. The van der Waals surface area contributed by atoms with Crippen molar-refractivity contribution in [3.8, 4) is 28.4 Å². The molecule has 0 aliphatic carbocycles. The number of nitrogens with one attached hydrogen (secondary N) is 4. The number of aromatic nitrogens is 2. The van der Waals surface area contributed by atoms with Crippen LogP contribution in [0, 0.1) is 11.6 Å². The summed E-state index contributed by atoms with van der Waals surface area (Å²) in [4.78, 5) is 20.6. The molecule has 4 aromatic rings. The number of hydrogen-bond donors (Lipinski definition) is 5. The molecule has 0 unspecified atom stereocenters. The Labute approximate surface area is 269 Å². The van der Waals surface area contributed by atoms with E-state index < -0.39 is 11.6 Å². The van der Waals surface area contributed by atoms with Crippen molar-refractivity contribution in [3.63, 3.8) is 0 Å². The molecule has 1 fully saturated rings. The zero-order valence-electron chi connectivity index (χ0n) is 24.4. The fourth-order valence-corrected chi connectivity index (χ4v) is 5.67. The average Bonchev–Trinajstić information content (AvgIpc) is 3.45. The molecule has 0 bridgehead atoms. The molecule has 1 aliphatic heterocycles. The summed E-state index contributed by atoms with van der Waals surface area (Å²) in [6, 6.07) is 12.8. The molecule has 236 valence electrons. The van der Waals surface area contributed by atoms with Crippen molar-refractivity contribution in [2.75, 3.05) is 32.1 Å². The van der Waals surface area contributed by atoms with Crippen LogP contribution in [-0.4, -0.2) is 53.8 Å². The zero-order chi connectivity index (χ0) is 31.9. The molecule has 45 heavy (non-hydrogen) atoms. The first-order valence-corrected chi connectivity index (χ1v) is 15.1. The number of pyridine rings is 2. The van der Waals surface area contributed by atoms with Crippen LogP contribution in [-0.2, 0) is 17.9 Å². The normalized spacial score (nSPS) is 14.4. The lowest BCUT2D eigenvalue weighted by Gasteiger charge is -2.16. The number of carbonyl (C=O) groups is 1. The first-order chi connectivity index (χ1) is 21.8. The van der Waals surface area contributed by atoms with E-state index in [0.717, 1.165) is 24.1 Å². The summed E-state index contributed by atoms with van der Waals surface area (Å²) >= 11 is 13.7. The van der Waals surface area contributed by atoms with Crippen LogP contribution in [0.5, 0.6) is 5.88 Å². The topological polar surface area (TPSA) is 120 Å². The van der Waals surface area contributed by atoms with Gasteiger partial charge in [-0.25, -0.2) is 13.8 Å². The molecule has 13 heteroatoms. The first kappa shape index (κ1) is 32.5. The van der Waals surface area contributed by atoms with Crippen molar-refractivity contribution in [2.24, 2.45) is 0 Å². The van der Waals surface area contributed by atoms with E-state index in [1.54, 1.807) is 37.6 Å². The van der Waals surface area contributed by atoms with E-state index in [-0.39, 0.29) is 47.9 Å². The highest BCUT2D eigenvalue weighted by Crippen LogP contribution is 2.41. The van der Waals surface area contributed by atoms with Gasteiger partial charge in [-0.1, -0.05) is 41.4 Å². The van der Waals surface area contributed by atoms with Crippen molar-refractivity contribution in [1.82, 2.24) is 25.9 Å². The van der Waals surface area contributed by atoms with Gasteiger partial charge in [0.1, 0.15) is 5.82 Å². The third-order valence-corrected chi connectivity index (χ3v) is 8.12. The Bertz CT molecular complexity index is 1690. The van der Waals surface area contributed by atoms with E-state index in [9.17, 15) is 9.18 Å². The Morgan fingerprint density at radius 2 is 1.84 bits per heavy atom. The van der Waals surface area contributed by atoms with Gasteiger partial charge in [0, 0.05) is 73.2 Å². The third kappa shape index (κ3) is 7.69. The molecule has 9 nitrogen and oxygen atoms in total. The predicted octanol–water partition coefficient (Wildman–Crippen LogP) is 5.60. The largest absolute Gasteiger partial charge is 0.481 e. The van der Waals surface area contributed by atoms with Gasteiger partial charge in [-0.05, 0) is 30.7 Å². The van der Waals surface area contributed by atoms with E-state index >= 15 is 4.39 Å². The average molecular weight is 658 g/mol. The summed E-state index contributed by atoms with van der Waals surface area (Å²) in [5.41, 5.74) is 3.17. The molecule has 5 rings (SSSR count). The summed E-state index contributed by atoms with van der Waals surface area (Å²) in [5, 5.41) is 21.5. The van der Waals surface area contributed by atoms with E-state index in [1.165, 1.54) is 0 Å². The summed E-state index contributed by atoms with van der Waals surface area (Å²) in [6.45, 7) is 1.29. The smallest absolute Gasteiger partial charge is 0.220 e. The third-order valence-electron chi connectivity index (χ3n) is 7.33. The van der Waals surface area contributed by atoms with Gasteiger partial charge in [0.25, 0.3) is 0 Å². The van der Waals surface area contributed by atoms with Crippen LogP contribution in [0.1, 0.15) is 24.0 Å². The number of carbonyl (C=O) groups excluding carboxylic acids is 1. The molecular formula is C32H32Cl2F2N6O3. The quantitative estimate of drug-likeness (QED) is 0.118. The molecule has 2 aromatic heterocycles. The lowest BCUT2D eigenvalue weighted by atomic mass is 10.0. The Kier molecular flexibility index (Phi) is 10.8. The summed E-state index contributed by atoms with van der Waals surface area (Å²) in [7, 11) is 1.54. The molecule has 1 saturated heterocycles. The number of hydrogen-bond acceptors (Lipinski definition) is 8. The fraction of sp³-hybridized carbons (Fsp3) is 0.281. The standard InChI is InChI=1S/C32H32Cl2F2N6O3/c1-45-32-18(15-38-17-21-6-8-27(44)40-21)5-7-24(42-32)22-9-10-39-31(29(22)34)23-3-2-4-25(28(23)33)41-26-14-20(35)13-19(30(26)36)16-37-11-12-43/h2-5,7,9-10,13-14,21,37-38,41,43H,6,8,11-12,15-17H2,1H3,(H,40,44)/t21-/m0/s1. The Morgan fingerprint density at radius 1 is 1.02 bits per heavy atom. The molecule has 0 spiro atoms. The minimum Gasteiger partial charge on any atom is -0.481 e. The number of methoxy groups -OCH3 is 1. The Morgan fingerprint density at radius 3 is 2.60 bits per heavy atom. The van der Waals surface area contributed by atoms with Crippen LogP contribution in [0.25, 0.3) is 22.5 Å². The summed E-state index contributed by atoms with van der Waals surface area (Å²) < 4.78 is 35.2. The highest BCUT2D eigenvalue weighted by atomic mass is 35.5. The van der Waals surface area contributed by atoms with Gasteiger partial charge in [0.15, 0.2) is 5.82 Å². The van der Waals surface area contributed by atoms with Crippen LogP contribution in [0.15, 0.2) is 54.7 Å². The van der Waals surface area contributed by atoms with Crippen LogP contribution < -0.4 is 26.0 Å². The molecule has 1 amide bonds. The van der Waals surface area contributed by atoms with Crippen LogP contribution in [0.2, 0.25) is 10.0 Å². The Balaban J connectivity index is 1.38. The van der Waals surface area contributed by atoms with Gasteiger partial charge in [0.2, 0.25) is 11.8 Å². The molecule has 0 radical (unpaired) electrons. The fourth-order valence-electron chi connectivity index (χ4n) is 5.10. The van der Waals surface area contributed by atoms with E-state index in [1.807, 2.05) is 12.1 Å². The maximum atomic E-state index is 15.2. The number of benzene rings is 2. The monoisotopic (exact) mass is 656 g/mol. The number of aliphatic hydroxyl groups is 1. The van der Waals surface area contributed by atoms with E-state index in [4.69, 9.17) is 33.0 Å². The van der Waals surface area contributed by atoms with E-state index in [0.29, 0.717) is 58.6 Å². The van der Waals surface area contributed by atoms with Gasteiger partial charge in [-0.2, -0.15) is 0 Å². The van der Waals surface area contributed by atoms with Crippen molar-refractivity contribution in [3.05, 3.63) is 87.5 Å². The van der Waals surface area contributed by atoms with Gasteiger partial charge in [-0.3, -0.25) is 9.78 Å². The number of aliphatic hydroxyl groups excluding tert-OH is 1. The number of nitrogens with zero attached hydrogens (tertiary/aromatic N) is 2. The second kappa shape index (κ2) is 14.9. The van der Waals surface area contributed by atoms with Crippen LogP contribution in [0.3, 0.4) is 0 Å². The second-order valence-corrected chi connectivity index (χ2v) is 11.2. The van der Waals surface area contributed by atoms with Gasteiger partial charge in [-0.15, -0.1) is 0 Å². The predicted molar refractivity (Wildman–Crippen MR) is 171 cm³/mol. The minimum atomic E-state index is -0.648. The number of halogens is 4. The highest BCUT2D eigenvalue weighted by Gasteiger charge is 2.21. The number of ether oxygens (including phenoxy) is 1. The summed E-state index contributed by atoms with van der Waals surface area (Å²) in [6.07, 6.45) is 2.94. The SMILES string of the molecule is COc1nc(-c2ccnc(-c3cccc(Nc4cc(F)cc(CNCCO)c4F)c3Cl)c2Cl)ccc1CNC[C@@H]1CCC(=O)N1. The summed E-state index contributed by atoms with van der Waals surface area (Å²) in [5.74, 6) is -0.777. The lowest BCUT2D eigenvalue weighted by Crippen LogP contribution is -2.35. The highest BCUT2D eigenvalue weighted by molar-refractivity contribution is 6.39. The van der Waals surface area contributed by atoms with Gasteiger partial charge in [0.05, 0.1) is 46.5 Å². The minimum absolute atomic E-state index is 0.0371. The van der Waals surface area contributed by atoms with Gasteiger partial charge < -0.3 is 31.1 Å². The van der Waals surface area contributed by atoms with Crippen molar-refractivity contribution in [2.45, 2.75) is 32.0 Å². The van der Waals surface area contributed by atoms with Crippen molar-refractivity contribution in [1.29, 1.82) is 0 Å². The number of anilines is 2. The van der Waals surface area contributed by atoms with Crippen molar-refractivity contribution >= 4 is 40.5 Å². The van der Waals surface area contributed by atoms with Gasteiger partial charge >= 0.3 is 0 Å². The number of rotatable bonds is 13. The van der Waals surface area contributed by atoms with Crippen LogP contribution >= 0.6 is 23.2 Å². The Hall–Kier alpha value is -3.87. The molecule has 1 aliphatic rings. The number of amides is 1. The lowest BCUT2D eigenvalue weighted by molar-refractivity contribution is -0.119. The molecular weight excluding hydrogens is 625 g/mol. The molecule has 0 saturated carbocycles. The van der Waals surface area contributed by atoms with Crippen LogP contribution in [0.4, 0.5) is 20.2 Å².